The van der Waals surface area contributed by atoms with Gasteiger partial charge in [0.05, 0.1) is 16.5 Å². The van der Waals surface area contributed by atoms with Crippen molar-refractivity contribution in [2.75, 3.05) is 17.6 Å². The Morgan fingerprint density at radius 3 is 2.61 bits per heavy atom. The number of nitrogens with zero attached hydrogens (tertiary/aromatic N) is 2. The minimum absolute atomic E-state index is 0.0506. The second-order valence-electron chi connectivity index (χ2n) is 8.89. The van der Waals surface area contributed by atoms with E-state index < -0.39 is 34.9 Å². The predicted octanol–water partition coefficient (Wildman–Crippen LogP) is 6.09. The summed E-state index contributed by atoms with van der Waals surface area (Å²) in [6.07, 6.45) is 9.03. The van der Waals surface area contributed by atoms with Crippen molar-refractivity contribution in [3.8, 4) is 23.6 Å². The molecule has 0 spiro atoms. The van der Waals surface area contributed by atoms with E-state index in [9.17, 15) is 18.0 Å². The summed E-state index contributed by atoms with van der Waals surface area (Å²) in [7, 11) is 0. The molecule has 1 aliphatic carbocycles. The normalized spacial score (nSPS) is 16.1. The van der Waals surface area contributed by atoms with Crippen molar-refractivity contribution in [2.24, 2.45) is 5.92 Å². The summed E-state index contributed by atoms with van der Waals surface area (Å²) in [4.78, 5) is 22.7. The molecule has 38 heavy (non-hydrogen) atoms. The molecule has 1 fully saturated rings. The lowest BCUT2D eigenvalue weighted by atomic mass is 9.95. The Morgan fingerprint density at radius 1 is 1.18 bits per heavy atom. The molecule has 6 nitrogen and oxygen atoms in total. The number of unbranched alkanes of at least 4 members (excludes halogenated alkanes) is 1. The number of hydrogen-bond donors (Lipinski definition) is 3. The Morgan fingerprint density at radius 2 is 1.92 bits per heavy atom. The Bertz CT molecular complexity index is 1610. The molecule has 0 aliphatic heterocycles. The third-order valence-electron chi connectivity index (χ3n) is 6.40. The molecular weight excluding hydrogens is 498 g/mol. The fourth-order valence-electron chi connectivity index (χ4n) is 4.49. The van der Waals surface area contributed by atoms with Gasteiger partial charge in [0.2, 0.25) is 0 Å². The van der Waals surface area contributed by atoms with E-state index in [1.807, 2.05) is 13.8 Å². The maximum Gasteiger partial charge on any atom is 0.347 e. The molecule has 0 radical (unpaired) electrons. The number of H-pyrrole nitrogens is 1. The second-order valence-corrected chi connectivity index (χ2v) is 8.89. The number of nitrogen functional groups attached to an aromatic ring is 1. The summed E-state index contributed by atoms with van der Waals surface area (Å²) in [5.74, 6) is -0.894. The molecule has 2 heterocycles. The molecule has 2 aromatic carbocycles. The first-order chi connectivity index (χ1) is 18.3. The van der Waals surface area contributed by atoms with E-state index in [0.29, 0.717) is 13.0 Å². The number of halogens is 4. The van der Waals surface area contributed by atoms with Crippen LogP contribution in [0.5, 0.6) is 0 Å². The molecule has 0 saturated heterocycles. The first-order valence-electron chi connectivity index (χ1n) is 12.4. The van der Waals surface area contributed by atoms with E-state index in [0.717, 1.165) is 25.3 Å². The van der Waals surface area contributed by atoms with Crippen LogP contribution >= 0.6 is 0 Å². The van der Waals surface area contributed by atoms with Crippen LogP contribution < -0.4 is 16.7 Å². The largest absolute Gasteiger partial charge is 0.399 e. The zero-order valence-corrected chi connectivity index (χ0v) is 21.0. The van der Waals surface area contributed by atoms with Gasteiger partial charge in [-0.1, -0.05) is 26.2 Å². The number of aromatic amines is 1. The van der Waals surface area contributed by atoms with Crippen molar-refractivity contribution in [3.63, 3.8) is 0 Å². The number of terminal acetylenes is 1. The van der Waals surface area contributed by atoms with Crippen LogP contribution in [0.15, 0.2) is 29.2 Å². The number of anilines is 2. The van der Waals surface area contributed by atoms with Gasteiger partial charge >= 0.3 is 5.69 Å². The van der Waals surface area contributed by atoms with Crippen molar-refractivity contribution in [2.45, 2.75) is 45.7 Å². The van der Waals surface area contributed by atoms with Gasteiger partial charge in [-0.25, -0.2) is 22.4 Å². The Balaban J connectivity index is 0.00000164. The average Bonchev–Trinajstić information content (AvgIpc) is 3.60. The highest BCUT2D eigenvalue weighted by Crippen LogP contribution is 2.38. The molecular formula is C28H27F4N5O. The lowest BCUT2D eigenvalue weighted by Gasteiger charge is -2.14. The quantitative estimate of drug-likeness (QED) is 0.118. The van der Waals surface area contributed by atoms with Crippen LogP contribution in [0, 0.1) is 35.7 Å². The van der Waals surface area contributed by atoms with Gasteiger partial charge in [-0.05, 0) is 48.8 Å². The van der Waals surface area contributed by atoms with E-state index in [4.69, 9.17) is 12.2 Å². The highest BCUT2D eigenvalue weighted by molar-refractivity contribution is 6.03. The minimum Gasteiger partial charge on any atom is -0.399 e. The van der Waals surface area contributed by atoms with Crippen LogP contribution in [-0.4, -0.2) is 27.7 Å². The molecule has 2 atom stereocenters. The Hall–Kier alpha value is -4.13. The van der Waals surface area contributed by atoms with Crippen molar-refractivity contribution >= 4 is 33.2 Å². The second kappa shape index (κ2) is 11.1. The molecule has 198 valence electrons. The minimum atomic E-state index is -1.25. The standard InChI is InChI=1S/C26H21F4N5O.C2H6/c1-2-15-20-13(9-19(28)21(15)29)7-14(31)10-16(20)23-22(30)24-17(11-33-23)25(35-26(36)34-24)32-6-4-3-5-12-8-18(12)27;1-2/h1,7,9-12,18H,3-6,8,31H2,(H2,32,34,35,36);1-2H3/t12-,18?;/m0./s1. The smallest absolute Gasteiger partial charge is 0.347 e. The van der Waals surface area contributed by atoms with Gasteiger partial charge in [-0.2, -0.15) is 4.98 Å². The zero-order chi connectivity index (χ0) is 27.6. The third kappa shape index (κ3) is 5.14. The zero-order valence-electron chi connectivity index (χ0n) is 21.0. The van der Waals surface area contributed by atoms with Gasteiger partial charge in [-0.3, -0.25) is 4.98 Å². The molecule has 4 aromatic rings. The van der Waals surface area contributed by atoms with Crippen LogP contribution in [0.1, 0.15) is 45.1 Å². The monoisotopic (exact) mass is 525 g/mol. The van der Waals surface area contributed by atoms with Crippen LogP contribution in [0.2, 0.25) is 0 Å². The average molecular weight is 526 g/mol. The number of nitrogens with one attached hydrogen (secondary N) is 2. The Labute approximate surface area is 216 Å². The predicted molar refractivity (Wildman–Crippen MR) is 142 cm³/mol. The van der Waals surface area contributed by atoms with E-state index in [2.05, 4.69) is 26.2 Å². The van der Waals surface area contributed by atoms with Gasteiger partial charge in [-0.15, -0.1) is 6.42 Å². The van der Waals surface area contributed by atoms with E-state index in [-0.39, 0.29) is 50.4 Å². The molecule has 1 unspecified atom stereocenters. The first-order valence-corrected chi connectivity index (χ1v) is 12.4. The summed E-state index contributed by atoms with van der Waals surface area (Å²) in [5, 5.41) is 3.49. The maximum absolute atomic E-state index is 15.8. The van der Waals surface area contributed by atoms with E-state index in [1.165, 1.54) is 18.3 Å². The van der Waals surface area contributed by atoms with Gasteiger partial charge in [0, 0.05) is 29.4 Å². The number of fused-ring (bicyclic) bond motifs is 2. The van der Waals surface area contributed by atoms with Crippen LogP contribution in [-0.2, 0) is 0 Å². The molecule has 4 N–H and O–H groups in total. The topological polar surface area (TPSA) is 96.7 Å². The number of pyridine rings is 1. The number of alkyl halides is 1. The number of aromatic nitrogens is 3. The molecule has 1 aliphatic rings. The molecule has 10 heteroatoms. The van der Waals surface area contributed by atoms with Gasteiger partial charge in [0.15, 0.2) is 17.5 Å². The van der Waals surface area contributed by atoms with Gasteiger partial charge in [0.25, 0.3) is 0 Å². The fraction of sp³-hybridized carbons (Fsp3) is 0.321. The Kier molecular flexibility index (Phi) is 7.86. The lowest BCUT2D eigenvalue weighted by molar-refractivity contribution is 0.432. The SMILES string of the molecule is C#Cc1c(F)c(F)cc2cc(N)cc(-c3ncc4c(NCCCC[C@H]5CC5F)nc(=O)[nH]c4c3F)c12.CC. The molecule has 5 rings (SSSR count). The molecule has 2 aromatic heterocycles. The van der Waals surface area contributed by atoms with E-state index in [1.54, 1.807) is 0 Å². The lowest BCUT2D eigenvalue weighted by Crippen LogP contribution is -2.16. The van der Waals surface area contributed by atoms with Gasteiger partial charge < -0.3 is 16.0 Å². The summed E-state index contributed by atoms with van der Waals surface area (Å²) >= 11 is 0. The highest BCUT2D eigenvalue weighted by atomic mass is 19.2. The summed E-state index contributed by atoms with van der Waals surface area (Å²) in [5.41, 5.74) is 4.56. The summed E-state index contributed by atoms with van der Waals surface area (Å²) in [6, 6.07) is 3.68. The number of nitrogens with two attached hydrogens (primary N) is 1. The molecule has 0 amide bonds. The molecule has 1 saturated carbocycles. The fourth-order valence-corrected chi connectivity index (χ4v) is 4.49. The summed E-state index contributed by atoms with van der Waals surface area (Å²) in [6.45, 7) is 4.45. The van der Waals surface area contributed by atoms with Crippen LogP contribution in [0.4, 0.5) is 29.1 Å². The first kappa shape index (κ1) is 26.9. The highest BCUT2D eigenvalue weighted by Gasteiger charge is 2.36. The third-order valence-corrected chi connectivity index (χ3v) is 6.40. The number of rotatable bonds is 7. The van der Waals surface area contributed by atoms with E-state index >= 15 is 4.39 Å². The summed E-state index contributed by atoms with van der Waals surface area (Å²) < 4.78 is 57.3. The maximum atomic E-state index is 15.8. The van der Waals surface area contributed by atoms with Crippen molar-refractivity contribution in [3.05, 3.63) is 57.9 Å². The van der Waals surface area contributed by atoms with Gasteiger partial charge in [0.1, 0.15) is 17.7 Å². The van der Waals surface area contributed by atoms with Crippen LogP contribution in [0.25, 0.3) is 32.9 Å². The van der Waals surface area contributed by atoms with Crippen molar-refractivity contribution in [1.82, 2.24) is 15.0 Å². The van der Waals surface area contributed by atoms with Crippen molar-refractivity contribution < 1.29 is 17.6 Å². The number of benzene rings is 2. The van der Waals surface area contributed by atoms with Crippen LogP contribution in [0.3, 0.4) is 0 Å². The van der Waals surface area contributed by atoms with Crippen molar-refractivity contribution in [1.29, 1.82) is 0 Å². The molecule has 0 bridgehead atoms. The number of hydrogen-bond acceptors (Lipinski definition) is 5.